The van der Waals surface area contributed by atoms with Gasteiger partial charge in [0.05, 0.1) is 22.8 Å². The number of H-pyrrole nitrogens is 1. The summed E-state index contributed by atoms with van der Waals surface area (Å²) in [5.41, 5.74) is 2.39. The number of aromatic amines is 1. The van der Waals surface area contributed by atoms with Crippen molar-refractivity contribution in [1.82, 2.24) is 15.3 Å². The number of ether oxygens (including phenoxy) is 1. The highest BCUT2D eigenvalue weighted by Gasteiger charge is 2.29. The van der Waals surface area contributed by atoms with Crippen LogP contribution in [0.1, 0.15) is 25.7 Å². The molecule has 2 amide bonds. The van der Waals surface area contributed by atoms with Crippen LogP contribution >= 0.6 is 0 Å². The molecule has 3 aromatic rings. The Morgan fingerprint density at radius 1 is 1.21 bits per heavy atom. The number of imidazole rings is 1. The molecule has 1 aromatic heterocycles. The molecule has 0 fully saturated rings. The van der Waals surface area contributed by atoms with Gasteiger partial charge in [-0.15, -0.1) is 0 Å². The summed E-state index contributed by atoms with van der Waals surface area (Å²) < 4.78 is 5.43. The molecule has 0 saturated carbocycles. The van der Waals surface area contributed by atoms with Gasteiger partial charge in [0.15, 0.2) is 6.61 Å². The molecule has 0 aliphatic carbocycles. The number of benzene rings is 2. The van der Waals surface area contributed by atoms with Crippen LogP contribution in [0.2, 0.25) is 0 Å². The zero-order valence-corrected chi connectivity index (χ0v) is 15.8. The number of rotatable bonds is 5. The highest BCUT2D eigenvalue weighted by atomic mass is 16.5. The third-order valence-corrected chi connectivity index (χ3v) is 4.80. The van der Waals surface area contributed by atoms with Gasteiger partial charge in [0.1, 0.15) is 18.1 Å². The Kier molecular flexibility index (Phi) is 4.73. The van der Waals surface area contributed by atoms with Crippen LogP contribution in [0.4, 0.5) is 5.69 Å². The van der Waals surface area contributed by atoms with E-state index >= 15 is 0 Å². The zero-order chi connectivity index (χ0) is 19.7. The van der Waals surface area contributed by atoms with E-state index < -0.39 is 0 Å². The monoisotopic (exact) mass is 378 g/mol. The minimum Gasteiger partial charge on any atom is -0.482 e. The number of nitrogens with zero attached hydrogens (tertiary/aromatic N) is 2. The maximum absolute atomic E-state index is 12.8. The van der Waals surface area contributed by atoms with E-state index in [1.807, 2.05) is 50.2 Å². The number of carbonyl (C=O) groups is 2. The Labute approximate surface area is 162 Å². The van der Waals surface area contributed by atoms with E-state index in [1.165, 1.54) is 4.90 Å². The van der Waals surface area contributed by atoms with Gasteiger partial charge in [0, 0.05) is 0 Å². The fourth-order valence-corrected chi connectivity index (χ4v) is 3.36. The summed E-state index contributed by atoms with van der Waals surface area (Å²) in [6, 6.07) is 14.7. The molecule has 1 aliphatic rings. The lowest BCUT2D eigenvalue weighted by atomic mass is 10.0. The maximum atomic E-state index is 12.8. The number of amides is 2. The van der Waals surface area contributed by atoms with Gasteiger partial charge in [-0.1, -0.05) is 38.1 Å². The predicted octanol–water partition coefficient (Wildman–Crippen LogP) is 2.80. The standard InChI is InChI=1S/C21H22N4O3/c1-13(2)20(21-22-14-7-3-4-8-15(14)23-21)24-18(26)11-25-16-9-5-6-10-17(16)28-12-19(25)27/h3-10,13,20H,11-12H2,1-2H3,(H,22,23)(H,24,26)/t20-/m0/s1. The summed E-state index contributed by atoms with van der Waals surface area (Å²) in [7, 11) is 0. The van der Waals surface area contributed by atoms with Crippen molar-refractivity contribution in [2.24, 2.45) is 5.92 Å². The van der Waals surface area contributed by atoms with Gasteiger partial charge in [0.2, 0.25) is 5.91 Å². The lowest BCUT2D eigenvalue weighted by Gasteiger charge is -2.29. The molecule has 1 aliphatic heterocycles. The fraction of sp³-hybridized carbons (Fsp3) is 0.286. The molecule has 0 spiro atoms. The SMILES string of the molecule is CC(C)[C@H](NC(=O)CN1C(=O)COc2ccccc21)c1nc2ccccc2[nH]1. The molecule has 2 N–H and O–H groups in total. The van der Waals surface area contributed by atoms with E-state index in [9.17, 15) is 9.59 Å². The summed E-state index contributed by atoms with van der Waals surface area (Å²) in [5.74, 6) is 0.950. The van der Waals surface area contributed by atoms with Crippen LogP contribution in [0.3, 0.4) is 0 Å². The third-order valence-electron chi connectivity index (χ3n) is 4.80. The molecule has 2 heterocycles. The van der Waals surface area contributed by atoms with Crippen molar-refractivity contribution in [2.75, 3.05) is 18.1 Å². The number of hydrogen-bond acceptors (Lipinski definition) is 4. The van der Waals surface area contributed by atoms with Gasteiger partial charge in [-0.3, -0.25) is 14.5 Å². The summed E-state index contributed by atoms with van der Waals surface area (Å²) in [6.07, 6.45) is 0. The van der Waals surface area contributed by atoms with Crippen molar-refractivity contribution in [3.8, 4) is 5.75 Å². The van der Waals surface area contributed by atoms with Crippen LogP contribution in [0.25, 0.3) is 11.0 Å². The van der Waals surface area contributed by atoms with Gasteiger partial charge in [-0.2, -0.15) is 0 Å². The zero-order valence-electron chi connectivity index (χ0n) is 15.8. The van der Waals surface area contributed by atoms with Gasteiger partial charge >= 0.3 is 0 Å². The van der Waals surface area contributed by atoms with Crippen molar-refractivity contribution < 1.29 is 14.3 Å². The van der Waals surface area contributed by atoms with Crippen LogP contribution < -0.4 is 15.0 Å². The molecule has 2 aromatic carbocycles. The molecule has 7 heteroatoms. The van der Waals surface area contributed by atoms with E-state index in [0.717, 1.165) is 11.0 Å². The number of anilines is 1. The highest BCUT2D eigenvalue weighted by molar-refractivity contribution is 6.02. The van der Waals surface area contributed by atoms with Crippen LogP contribution in [-0.2, 0) is 9.59 Å². The Morgan fingerprint density at radius 3 is 2.75 bits per heavy atom. The minimum absolute atomic E-state index is 0.0668. The molecule has 1 atom stereocenters. The first-order valence-electron chi connectivity index (χ1n) is 9.29. The van der Waals surface area contributed by atoms with Gasteiger partial charge < -0.3 is 15.0 Å². The van der Waals surface area contributed by atoms with Crippen molar-refractivity contribution in [2.45, 2.75) is 19.9 Å². The first-order valence-corrected chi connectivity index (χ1v) is 9.29. The number of aromatic nitrogens is 2. The largest absolute Gasteiger partial charge is 0.482 e. The average molecular weight is 378 g/mol. The topological polar surface area (TPSA) is 87.3 Å². The number of hydrogen-bond donors (Lipinski definition) is 2. The first-order chi connectivity index (χ1) is 13.5. The molecule has 0 unspecified atom stereocenters. The summed E-state index contributed by atoms with van der Waals surface area (Å²) in [4.78, 5) is 34.4. The van der Waals surface area contributed by atoms with Crippen molar-refractivity contribution in [1.29, 1.82) is 0 Å². The molecule has 0 saturated heterocycles. The average Bonchev–Trinajstić information content (AvgIpc) is 3.12. The van der Waals surface area contributed by atoms with Crippen LogP contribution in [0, 0.1) is 5.92 Å². The molecular weight excluding hydrogens is 356 g/mol. The summed E-state index contributed by atoms with van der Waals surface area (Å²) in [6.45, 7) is 3.91. The fourth-order valence-electron chi connectivity index (χ4n) is 3.36. The second-order valence-corrected chi connectivity index (χ2v) is 7.16. The molecule has 28 heavy (non-hydrogen) atoms. The van der Waals surface area contributed by atoms with Gasteiger partial charge in [-0.05, 0) is 30.2 Å². The molecular formula is C21H22N4O3. The Hall–Kier alpha value is -3.35. The second-order valence-electron chi connectivity index (χ2n) is 7.16. The molecule has 0 radical (unpaired) electrons. The smallest absolute Gasteiger partial charge is 0.265 e. The van der Waals surface area contributed by atoms with Gasteiger partial charge in [0.25, 0.3) is 5.91 Å². The summed E-state index contributed by atoms with van der Waals surface area (Å²) in [5, 5.41) is 3.02. The molecule has 144 valence electrons. The van der Waals surface area contributed by atoms with Crippen molar-refractivity contribution >= 4 is 28.5 Å². The number of nitrogens with one attached hydrogen (secondary N) is 2. The Morgan fingerprint density at radius 2 is 1.96 bits per heavy atom. The van der Waals surface area contributed by atoms with E-state index in [1.54, 1.807) is 12.1 Å². The third kappa shape index (κ3) is 3.43. The van der Waals surface area contributed by atoms with E-state index in [0.29, 0.717) is 17.3 Å². The lowest BCUT2D eigenvalue weighted by molar-refractivity contribution is -0.125. The number of carbonyl (C=O) groups excluding carboxylic acids is 2. The van der Waals surface area contributed by atoms with E-state index in [-0.39, 0.29) is 36.9 Å². The number of fused-ring (bicyclic) bond motifs is 2. The minimum atomic E-state index is -0.286. The predicted molar refractivity (Wildman–Crippen MR) is 106 cm³/mol. The van der Waals surface area contributed by atoms with E-state index in [2.05, 4.69) is 15.3 Å². The molecule has 7 nitrogen and oxygen atoms in total. The quantitative estimate of drug-likeness (QED) is 0.715. The van der Waals surface area contributed by atoms with Crippen molar-refractivity contribution in [3.63, 3.8) is 0 Å². The normalized spacial score (nSPS) is 14.7. The Balaban J connectivity index is 1.53. The first kappa shape index (κ1) is 18.0. The van der Waals surface area contributed by atoms with Crippen molar-refractivity contribution in [3.05, 3.63) is 54.4 Å². The maximum Gasteiger partial charge on any atom is 0.265 e. The lowest BCUT2D eigenvalue weighted by Crippen LogP contribution is -2.46. The van der Waals surface area contributed by atoms with E-state index in [4.69, 9.17) is 4.74 Å². The van der Waals surface area contributed by atoms with Gasteiger partial charge in [-0.25, -0.2) is 4.98 Å². The Bertz CT molecular complexity index is 994. The van der Waals surface area contributed by atoms with Crippen LogP contribution in [-0.4, -0.2) is 34.9 Å². The highest BCUT2D eigenvalue weighted by Crippen LogP contribution is 2.31. The second kappa shape index (κ2) is 7.34. The van der Waals surface area contributed by atoms with Crippen LogP contribution in [0.15, 0.2) is 48.5 Å². The summed E-state index contributed by atoms with van der Waals surface area (Å²) >= 11 is 0. The molecule has 4 rings (SSSR count). The van der Waals surface area contributed by atoms with Crippen LogP contribution in [0.5, 0.6) is 5.75 Å². The molecule has 0 bridgehead atoms. The number of para-hydroxylation sites is 4.